The van der Waals surface area contributed by atoms with Crippen molar-refractivity contribution >= 4 is 28.7 Å². The van der Waals surface area contributed by atoms with Gasteiger partial charge in [0.05, 0.1) is 0 Å². The van der Waals surface area contributed by atoms with Gasteiger partial charge >= 0.3 is 0 Å². The summed E-state index contributed by atoms with van der Waals surface area (Å²) >= 11 is 6.08. The first-order valence-corrected chi connectivity index (χ1v) is 5.84. The molecule has 0 aliphatic carbocycles. The van der Waals surface area contributed by atoms with Crippen LogP contribution in [-0.4, -0.2) is 0 Å². The average molecular weight is 247 g/mol. The Morgan fingerprint density at radius 3 is 2.59 bits per heavy atom. The number of anilines is 3. The third kappa shape index (κ3) is 2.53. The number of hydrogen-bond donors (Lipinski definition) is 2. The molecule has 3 N–H and O–H groups in total. The minimum absolute atomic E-state index is 0.766. The van der Waals surface area contributed by atoms with Crippen LogP contribution in [0, 0.1) is 13.8 Å². The first-order valence-electron chi connectivity index (χ1n) is 5.46. The summed E-state index contributed by atoms with van der Waals surface area (Å²) in [6, 6.07) is 11.7. The second-order valence-electron chi connectivity index (χ2n) is 4.11. The Bertz CT molecular complexity index is 550. The summed E-state index contributed by atoms with van der Waals surface area (Å²) < 4.78 is 0. The maximum atomic E-state index is 6.08. The number of nitrogens with two attached hydrogens (primary N) is 1. The molecule has 0 unspecified atom stereocenters. The molecule has 0 aliphatic heterocycles. The van der Waals surface area contributed by atoms with Gasteiger partial charge in [-0.05, 0) is 55.3 Å². The number of nitrogen functional groups attached to an aromatic ring is 1. The molecule has 0 aliphatic rings. The Labute approximate surface area is 106 Å². The summed E-state index contributed by atoms with van der Waals surface area (Å²) in [6.45, 7) is 3.99. The Balaban J connectivity index is 2.31. The van der Waals surface area contributed by atoms with E-state index in [-0.39, 0.29) is 0 Å². The van der Waals surface area contributed by atoms with E-state index in [1.165, 1.54) is 0 Å². The molecule has 0 heterocycles. The van der Waals surface area contributed by atoms with Gasteiger partial charge in [0.1, 0.15) is 0 Å². The Morgan fingerprint density at radius 1 is 1.12 bits per heavy atom. The molecule has 0 radical (unpaired) electrons. The normalized spacial score (nSPS) is 10.3. The van der Waals surface area contributed by atoms with Crippen LogP contribution in [0.4, 0.5) is 17.1 Å². The Morgan fingerprint density at radius 2 is 1.88 bits per heavy atom. The summed E-state index contributed by atoms with van der Waals surface area (Å²) in [7, 11) is 0. The largest absolute Gasteiger partial charge is 0.399 e. The van der Waals surface area contributed by atoms with Crippen LogP contribution < -0.4 is 11.1 Å². The average Bonchev–Trinajstić information content (AvgIpc) is 2.30. The summed E-state index contributed by atoms with van der Waals surface area (Å²) in [6.07, 6.45) is 0. The predicted molar refractivity (Wildman–Crippen MR) is 75.1 cm³/mol. The second kappa shape index (κ2) is 4.68. The van der Waals surface area contributed by atoms with E-state index in [1.54, 1.807) is 0 Å². The zero-order valence-electron chi connectivity index (χ0n) is 9.92. The third-order valence-electron chi connectivity index (χ3n) is 2.82. The van der Waals surface area contributed by atoms with Gasteiger partial charge < -0.3 is 11.1 Å². The van der Waals surface area contributed by atoms with Gasteiger partial charge in [0.15, 0.2) is 0 Å². The lowest BCUT2D eigenvalue weighted by Gasteiger charge is -2.11. The number of halogens is 1. The van der Waals surface area contributed by atoms with Gasteiger partial charge in [-0.3, -0.25) is 0 Å². The van der Waals surface area contributed by atoms with Crippen molar-refractivity contribution in [3.63, 3.8) is 0 Å². The van der Waals surface area contributed by atoms with E-state index < -0.39 is 0 Å². The first-order chi connectivity index (χ1) is 8.08. The van der Waals surface area contributed by atoms with E-state index in [9.17, 15) is 0 Å². The SMILES string of the molecule is Cc1cc(Nc2cccc(Cl)c2C)ccc1N. The molecule has 2 aromatic rings. The highest BCUT2D eigenvalue weighted by atomic mass is 35.5. The number of aryl methyl sites for hydroxylation is 1. The maximum absolute atomic E-state index is 6.08. The molecule has 0 amide bonds. The van der Waals surface area contributed by atoms with Crippen molar-refractivity contribution in [2.24, 2.45) is 0 Å². The standard InChI is InChI=1S/C14H15ClN2/c1-9-8-11(6-7-13(9)16)17-14-5-3-4-12(15)10(14)2/h3-8,17H,16H2,1-2H3. The van der Waals surface area contributed by atoms with Crippen molar-refractivity contribution in [1.82, 2.24) is 0 Å². The quantitative estimate of drug-likeness (QED) is 0.776. The molecule has 2 nitrogen and oxygen atoms in total. The highest BCUT2D eigenvalue weighted by Gasteiger charge is 2.03. The van der Waals surface area contributed by atoms with Crippen LogP contribution in [0.15, 0.2) is 36.4 Å². The van der Waals surface area contributed by atoms with E-state index in [1.807, 2.05) is 50.2 Å². The van der Waals surface area contributed by atoms with Crippen molar-refractivity contribution in [3.05, 3.63) is 52.5 Å². The van der Waals surface area contributed by atoms with Gasteiger partial charge in [0.2, 0.25) is 0 Å². The van der Waals surface area contributed by atoms with E-state index in [0.29, 0.717) is 0 Å². The molecular formula is C14H15ClN2. The molecule has 2 rings (SSSR count). The predicted octanol–water partition coefficient (Wildman–Crippen LogP) is 4.28. The van der Waals surface area contributed by atoms with Gasteiger partial charge in [-0.2, -0.15) is 0 Å². The van der Waals surface area contributed by atoms with Crippen LogP contribution in [0.2, 0.25) is 5.02 Å². The fraction of sp³-hybridized carbons (Fsp3) is 0.143. The fourth-order valence-corrected chi connectivity index (χ4v) is 1.83. The molecule has 0 bridgehead atoms. The third-order valence-corrected chi connectivity index (χ3v) is 3.23. The molecule has 17 heavy (non-hydrogen) atoms. The molecule has 0 saturated heterocycles. The molecular weight excluding hydrogens is 232 g/mol. The van der Waals surface area contributed by atoms with Crippen molar-refractivity contribution in [2.45, 2.75) is 13.8 Å². The summed E-state index contributed by atoms with van der Waals surface area (Å²) in [5.74, 6) is 0. The topological polar surface area (TPSA) is 38.0 Å². The Hall–Kier alpha value is -1.67. The lowest BCUT2D eigenvalue weighted by atomic mass is 10.1. The van der Waals surface area contributed by atoms with Crippen LogP contribution in [0.5, 0.6) is 0 Å². The van der Waals surface area contributed by atoms with Gasteiger partial charge in [-0.1, -0.05) is 17.7 Å². The molecule has 2 aromatic carbocycles. The van der Waals surface area contributed by atoms with Gasteiger partial charge in [0, 0.05) is 22.1 Å². The maximum Gasteiger partial charge on any atom is 0.0455 e. The van der Waals surface area contributed by atoms with Gasteiger partial charge in [-0.15, -0.1) is 0 Å². The summed E-state index contributed by atoms with van der Waals surface area (Å²) in [5, 5.41) is 4.11. The molecule has 3 heteroatoms. The fourth-order valence-electron chi connectivity index (χ4n) is 1.65. The molecule has 0 atom stereocenters. The first kappa shape index (κ1) is 11.8. The minimum atomic E-state index is 0.766. The van der Waals surface area contributed by atoms with Gasteiger partial charge in [0.25, 0.3) is 0 Å². The molecule has 88 valence electrons. The van der Waals surface area contributed by atoms with Crippen LogP contribution in [0.1, 0.15) is 11.1 Å². The summed E-state index contributed by atoms with van der Waals surface area (Å²) in [4.78, 5) is 0. The highest BCUT2D eigenvalue weighted by molar-refractivity contribution is 6.31. The van der Waals surface area contributed by atoms with Crippen LogP contribution in [0.25, 0.3) is 0 Å². The number of benzene rings is 2. The van der Waals surface area contributed by atoms with E-state index in [0.717, 1.165) is 33.2 Å². The monoisotopic (exact) mass is 246 g/mol. The number of nitrogens with one attached hydrogen (secondary N) is 1. The smallest absolute Gasteiger partial charge is 0.0455 e. The lowest BCUT2D eigenvalue weighted by molar-refractivity contribution is 1.41. The van der Waals surface area contributed by atoms with Crippen molar-refractivity contribution in [3.8, 4) is 0 Å². The van der Waals surface area contributed by atoms with Gasteiger partial charge in [-0.25, -0.2) is 0 Å². The minimum Gasteiger partial charge on any atom is -0.399 e. The van der Waals surface area contributed by atoms with Crippen molar-refractivity contribution < 1.29 is 0 Å². The van der Waals surface area contributed by atoms with E-state index >= 15 is 0 Å². The molecule has 0 saturated carbocycles. The zero-order chi connectivity index (χ0) is 12.4. The zero-order valence-corrected chi connectivity index (χ0v) is 10.7. The molecule has 0 spiro atoms. The molecule has 0 aromatic heterocycles. The van der Waals surface area contributed by atoms with E-state index in [4.69, 9.17) is 17.3 Å². The number of hydrogen-bond acceptors (Lipinski definition) is 2. The van der Waals surface area contributed by atoms with Crippen molar-refractivity contribution in [1.29, 1.82) is 0 Å². The van der Waals surface area contributed by atoms with Crippen LogP contribution in [-0.2, 0) is 0 Å². The molecule has 0 fully saturated rings. The van der Waals surface area contributed by atoms with E-state index in [2.05, 4.69) is 5.32 Å². The number of rotatable bonds is 2. The van der Waals surface area contributed by atoms with Crippen LogP contribution >= 0.6 is 11.6 Å². The highest BCUT2D eigenvalue weighted by Crippen LogP contribution is 2.27. The Kier molecular flexibility index (Phi) is 3.25. The second-order valence-corrected chi connectivity index (χ2v) is 4.52. The van der Waals surface area contributed by atoms with Crippen LogP contribution in [0.3, 0.4) is 0 Å². The lowest BCUT2D eigenvalue weighted by Crippen LogP contribution is -1.95. The summed E-state index contributed by atoms with van der Waals surface area (Å²) in [5.41, 5.74) is 10.7. The van der Waals surface area contributed by atoms with Crippen molar-refractivity contribution in [2.75, 3.05) is 11.1 Å².